The second-order valence-corrected chi connectivity index (χ2v) is 10.7. The molecule has 35 heavy (non-hydrogen) atoms. The third-order valence-corrected chi connectivity index (χ3v) is 8.49. The lowest BCUT2D eigenvalue weighted by molar-refractivity contribution is 0.0732. The van der Waals surface area contributed by atoms with Crippen molar-refractivity contribution in [2.24, 2.45) is 0 Å². The minimum atomic E-state index is -0.177. The van der Waals surface area contributed by atoms with Gasteiger partial charge in [0, 0.05) is 37.6 Å². The molecule has 0 saturated heterocycles. The van der Waals surface area contributed by atoms with Crippen molar-refractivity contribution in [1.29, 1.82) is 0 Å². The Kier molecular flexibility index (Phi) is 7.49. The molecule has 188 valence electrons. The number of carbonyl (C=O) groups excluding carboxylic acids is 2. The molecule has 7 nitrogen and oxygen atoms in total. The Morgan fingerprint density at radius 2 is 1.54 bits per heavy atom. The van der Waals surface area contributed by atoms with E-state index in [0.717, 1.165) is 51.4 Å². The fourth-order valence-electron chi connectivity index (χ4n) is 6.52. The number of nitrogens with one attached hydrogen (secondary N) is 1. The van der Waals surface area contributed by atoms with E-state index >= 15 is 0 Å². The van der Waals surface area contributed by atoms with E-state index in [-0.39, 0.29) is 41.6 Å². The first-order valence-corrected chi connectivity index (χ1v) is 13.7. The van der Waals surface area contributed by atoms with Crippen LogP contribution in [0.15, 0.2) is 35.7 Å². The molecule has 0 aromatic carbocycles. The second-order valence-electron chi connectivity index (χ2n) is 10.7. The summed E-state index contributed by atoms with van der Waals surface area (Å²) >= 11 is 0. The zero-order valence-corrected chi connectivity index (χ0v) is 21.0. The van der Waals surface area contributed by atoms with Gasteiger partial charge < -0.3 is 9.80 Å². The number of nitrogens with zero attached hydrogens (tertiary/aromatic N) is 4. The van der Waals surface area contributed by atoms with Crippen LogP contribution in [0.25, 0.3) is 0 Å². The van der Waals surface area contributed by atoms with Gasteiger partial charge in [0.2, 0.25) is 0 Å². The van der Waals surface area contributed by atoms with Crippen LogP contribution in [0.1, 0.15) is 100 Å². The molecule has 1 atom stereocenters. The van der Waals surface area contributed by atoms with Crippen molar-refractivity contribution in [3.8, 4) is 0 Å². The Morgan fingerprint density at radius 1 is 0.886 bits per heavy atom. The average molecular weight is 478 g/mol. The smallest absolute Gasteiger partial charge is 0.323 e. The van der Waals surface area contributed by atoms with Crippen molar-refractivity contribution in [2.75, 3.05) is 12.4 Å². The minimum Gasteiger partial charge on any atom is -0.337 e. The average Bonchev–Trinajstić information content (AvgIpc) is 3.34. The third kappa shape index (κ3) is 5.29. The molecular formula is C28H39N5O2. The van der Waals surface area contributed by atoms with E-state index in [2.05, 4.69) is 32.3 Å². The molecule has 1 N–H and O–H groups in total. The summed E-state index contributed by atoms with van der Waals surface area (Å²) in [4.78, 5) is 39.9. The summed E-state index contributed by atoms with van der Waals surface area (Å²) in [5, 5.41) is 3.03. The molecule has 5 rings (SSSR count). The molecule has 1 heterocycles. The topological polar surface area (TPSA) is 78.4 Å². The molecule has 0 aliphatic heterocycles. The minimum absolute atomic E-state index is 0.121. The Morgan fingerprint density at radius 3 is 2.20 bits per heavy atom. The van der Waals surface area contributed by atoms with Crippen LogP contribution < -0.4 is 5.32 Å². The van der Waals surface area contributed by atoms with Crippen LogP contribution in [0, 0.1) is 0 Å². The third-order valence-electron chi connectivity index (χ3n) is 8.49. The highest BCUT2D eigenvalue weighted by Crippen LogP contribution is 2.36. The predicted octanol–water partition coefficient (Wildman–Crippen LogP) is 5.86. The standard InChI is InChI=1S/C28H39N5O2/c1-32(24-18-20-10-8-9-11-21(20)19-24)27(34)25-26(30-17-16-29-25)31-28(35)33(22-12-4-2-5-13-22)23-14-6-3-7-15-23/h8,10,16-17,22-24H,2-7,9,11-15,18-19H2,1H3,(H,30,31,35). The monoisotopic (exact) mass is 477 g/mol. The summed E-state index contributed by atoms with van der Waals surface area (Å²) in [6.07, 6.45) is 23.0. The van der Waals surface area contributed by atoms with Crippen LogP contribution in [0.3, 0.4) is 0 Å². The van der Waals surface area contributed by atoms with Gasteiger partial charge in [-0.1, -0.05) is 56.3 Å². The molecule has 0 bridgehead atoms. The summed E-state index contributed by atoms with van der Waals surface area (Å²) < 4.78 is 0. The molecule has 2 fully saturated rings. The van der Waals surface area contributed by atoms with E-state index in [1.165, 1.54) is 55.9 Å². The maximum atomic E-state index is 13.7. The van der Waals surface area contributed by atoms with Crippen LogP contribution in [0.5, 0.6) is 0 Å². The van der Waals surface area contributed by atoms with Crippen LogP contribution >= 0.6 is 0 Å². The quantitative estimate of drug-likeness (QED) is 0.576. The molecule has 0 radical (unpaired) electrons. The van der Waals surface area contributed by atoms with E-state index < -0.39 is 0 Å². The van der Waals surface area contributed by atoms with Gasteiger partial charge in [-0.2, -0.15) is 0 Å². The zero-order chi connectivity index (χ0) is 24.2. The molecule has 0 spiro atoms. The first-order valence-electron chi connectivity index (χ1n) is 13.7. The molecule has 4 aliphatic rings. The van der Waals surface area contributed by atoms with E-state index in [4.69, 9.17) is 0 Å². The largest absolute Gasteiger partial charge is 0.337 e. The molecule has 3 amide bonds. The summed E-state index contributed by atoms with van der Waals surface area (Å²) in [5.41, 5.74) is 3.08. The van der Waals surface area contributed by atoms with Crippen molar-refractivity contribution in [3.05, 3.63) is 41.4 Å². The number of anilines is 1. The number of hydrogen-bond donors (Lipinski definition) is 1. The van der Waals surface area contributed by atoms with E-state index in [0.29, 0.717) is 0 Å². The van der Waals surface area contributed by atoms with Gasteiger partial charge in [-0.3, -0.25) is 10.1 Å². The number of allylic oxidation sites excluding steroid dienone is 2. The lowest BCUT2D eigenvalue weighted by Gasteiger charge is -2.41. The fourth-order valence-corrected chi connectivity index (χ4v) is 6.52. The normalized spacial score (nSPS) is 23.2. The van der Waals surface area contributed by atoms with E-state index in [1.54, 1.807) is 11.1 Å². The number of amides is 3. The number of rotatable bonds is 5. The van der Waals surface area contributed by atoms with Gasteiger partial charge >= 0.3 is 6.03 Å². The van der Waals surface area contributed by atoms with Gasteiger partial charge in [-0.15, -0.1) is 0 Å². The molecule has 1 aromatic rings. The molecule has 1 aromatic heterocycles. The Bertz CT molecular complexity index is 973. The van der Waals surface area contributed by atoms with Gasteiger partial charge in [0.25, 0.3) is 5.91 Å². The molecule has 1 unspecified atom stereocenters. The second kappa shape index (κ2) is 10.9. The molecule has 2 saturated carbocycles. The highest BCUT2D eigenvalue weighted by atomic mass is 16.2. The van der Waals surface area contributed by atoms with Crippen LogP contribution in [0.4, 0.5) is 10.6 Å². The van der Waals surface area contributed by atoms with Crippen molar-refractivity contribution >= 4 is 17.8 Å². The predicted molar refractivity (Wildman–Crippen MR) is 137 cm³/mol. The number of hydrogen-bond acceptors (Lipinski definition) is 4. The van der Waals surface area contributed by atoms with Crippen molar-refractivity contribution in [3.63, 3.8) is 0 Å². The van der Waals surface area contributed by atoms with Crippen molar-refractivity contribution in [1.82, 2.24) is 19.8 Å². The number of urea groups is 1. The van der Waals surface area contributed by atoms with Gasteiger partial charge in [0.1, 0.15) is 0 Å². The molecule has 7 heteroatoms. The molecule has 4 aliphatic carbocycles. The number of aromatic nitrogens is 2. The lowest BCUT2D eigenvalue weighted by atomic mass is 9.89. The van der Waals surface area contributed by atoms with E-state index in [1.807, 2.05) is 7.05 Å². The maximum absolute atomic E-state index is 13.7. The first-order chi connectivity index (χ1) is 17.1. The summed E-state index contributed by atoms with van der Waals surface area (Å²) in [6, 6.07) is 0.550. The summed E-state index contributed by atoms with van der Waals surface area (Å²) in [7, 11) is 1.85. The summed E-state index contributed by atoms with van der Waals surface area (Å²) in [6.45, 7) is 0. The van der Waals surface area contributed by atoms with Crippen LogP contribution in [0.2, 0.25) is 0 Å². The van der Waals surface area contributed by atoms with Gasteiger partial charge in [0.05, 0.1) is 0 Å². The van der Waals surface area contributed by atoms with Crippen molar-refractivity contribution < 1.29 is 9.59 Å². The zero-order valence-electron chi connectivity index (χ0n) is 21.0. The van der Waals surface area contributed by atoms with Gasteiger partial charge in [0.15, 0.2) is 11.5 Å². The fraction of sp³-hybridized carbons (Fsp3) is 0.643. The first kappa shape index (κ1) is 24.0. The summed E-state index contributed by atoms with van der Waals surface area (Å²) in [5.74, 6) is 0.102. The van der Waals surface area contributed by atoms with Gasteiger partial charge in [-0.25, -0.2) is 14.8 Å². The van der Waals surface area contributed by atoms with Crippen LogP contribution in [-0.2, 0) is 0 Å². The van der Waals surface area contributed by atoms with Crippen LogP contribution in [-0.4, -0.2) is 56.9 Å². The Balaban J connectivity index is 1.31. The highest BCUT2D eigenvalue weighted by Gasteiger charge is 2.35. The number of carbonyl (C=O) groups is 2. The van der Waals surface area contributed by atoms with Crippen molar-refractivity contribution in [2.45, 2.75) is 108 Å². The SMILES string of the molecule is CN(C(=O)c1nccnc1NC(=O)N(C1CCCCC1)C1CCCCC1)C1CC2=C(CCC=C2)C1. The highest BCUT2D eigenvalue weighted by molar-refractivity contribution is 6.00. The molecular weight excluding hydrogens is 438 g/mol. The lowest BCUT2D eigenvalue weighted by Crippen LogP contribution is -2.50. The Hall–Kier alpha value is -2.70. The maximum Gasteiger partial charge on any atom is 0.323 e. The Labute approximate surface area is 209 Å². The van der Waals surface area contributed by atoms with E-state index in [9.17, 15) is 9.59 Å². The van der Waals surface area contributed by atoms with Gasteiger partial charge in [-0.05, 0) is 56.9 Å².